The highest BCUT2D eigenvalue weighted by molar-refractivity contribution is 5.95. The number of fused-ring (bicyclic) bond motifs is 5. The van der Waals surface area contributed by atoms with Gasteiger partial charge in [-0.15, -0.1) is 0 Å². The Kier molecular flexibility index (Phi) is 5.61. The van der Waals surface area contributed by atoms with Crippen LogP contribution in [0.25, 0.3) is 0 Å². The van der Waals surface area contributed by atoms with Crippen molar-refractivity contribution in [1.29, 1.82) is 0 Å². The van der Waals surface area contributed by atoms with E-state index in [1.807, 2.05) is 0 Å². The first-order chi connectivity index (χ1) is 14.1. The van der Waals surface area contributed by atoms with E-state index in [0.717, 1.165) is 37.7 Å². The number of hydrogen-bond donors (Lipinski definition) is 1. The molecule has 5 nitrogen and oxygen atoms in total. The number of ether oxygens (including phenoxy) is 1. The van der Waals surface area contributed by atoms with E-state index in [2.05, 4.69) is 19.9 Å². The third-order valence-electron chi connectivity index (χ3n) is 9.42. The van der Waals surface area contributed by atoms with E-state index in [-0.39, 0.29) is 41.5 Å². The number of rotatable bonds is 5. The molecular formula is C25H36O5. The molecule has 4 aliphatic carbocycles. The molecule has 0 aromatic heterocycles. The van der Waals surface area contributed by atoms with E-state index in [4.69, 9.17) is 9.84 Å². The Labute approximate surface area is 179 Å². The SMILES string of the molecule is CC(=O)C1=CC[C@H]2[C@H]3CC[C@H]4C[C@@H](OC(=O)CCC(=O)O)CC[C@]4(C)[C@H]3CC[C@]12C. The van der Waals surface area contributed by atoms with Crippen molar-refractivity contribution in [3.8, 4) is 0 Å². The minimum atomic E-state index is -0.958. The van der Waals surface area contributed by atoms with Gasteiger partial charge in [-0.05, 0) is 98.4 Å². The van der Waals surface area contributed by atoms with Crippen molar-refractivity contribution in [2.45, 2.75) is 91.1 Å². The van der Waals surface area contributed by atoms with Gasteiger partial charge in [0.2, 0.25) is 0 Å². The van der Waals surface area contributed by atoms with E-state index in [1.54, 1.807) is 6.92 Å². The Bertz CT molecular complexity index is 770. The van der Waals surface area contributed by atoms with Gasteiger partial charge in [0, 0.05) is 0 Å². The van der Waals surface area contributed by atoms with E-state index in [0.29, 0.717) is 23.7 Å². The number of carbonyl (C=O) groups is 3. The number of hydrogen-bond acceptors (Lipinski definition) is 4. The molecule has 30 heavy (non-hydrogen) atoms. The van der Waals surface area contributed by atoms with Gasteiger partial charge in [0.25, 0.3) is 0 Å². The maximum Gasteiger partial charge on any atom is 0.306 e. The standard InChI is InChI=1S/C25H36O5/c1-15(26)19-6-7-20-18-5-4-16-14-17(30-23(29)9-8-22(27)28)10-12-24(16,2)21(18)11-13-25(19,20)3/h6,16-18,20-21H,4-5,7-14H2,1-3H3,(H,27,28)/t16-,17-,18+,20-,21-,24-,25+/m0/s1. The molecule has 0 bridgehead atoms. The highest BCUT2D eigenvalue weighted by atomic mass is 16.5. The molecule has 0 amide bonds. The van der Waals surface area contributed by atoms with Gasteiger partial charge in [-0.25, -0.2) is 0 Å². The van der Waals surface area contributed by atoms with Gasteiger partial charge in [0.05, 0.1) is 12.8 Å². The fraction of sp³-hybridized carbons (Fsp3) is 0.800. The molecule has 0 spiro atoms. The Morgan fingerprint density at radius 3 is 2.53 bits per heavy atom. The molecule has 1 N–H and O–H groups in total. The van der Waals surface area contributed by atoms with Gasteiger partial charge < -0.3 is 9.84 Å². The van der Waals surface area contributed by atoms with Gasteiger partial charge in [-0.2, -0.15) is 0 Å². The van der Waals surface area contributed by atoms with Crippen LogP contribution in [-0.4, -0.2) is 28.9 Å². The van der Waals surface area contributed by atoms with E-state index < -0.39 is 5.97 Å². The van der Waals surface area contributed by atoms with Crippen molar-refractivity contribution >= 4 is 17.7 Å². The van der Waals surface area contributed by atoms with Gasteiger partial charge >= 0.3 is 11.9 Å². The monoisotopic (exact) mass is 416 g/mol. The second kappa shape index (κ2) is 7.80. The Hall–Kier alpha value is -1.65. The van der Waals surface area contributed by atoms with E-state index in [9.17, 15) is 14.4 Å². The largest absolute Gasteiger partial charge is 0.481 e. The lowest BCUT2D eigenvalue weighted by Gasteiger charge is -2.60. The summed E-state index contributed by atoms with van der Waals surface area (Å²) in [5, 5.41) is 8.77. The summed E-state index contributed by atoms with van der Waals surface area (Å²) in [4.78, 5) is 34.9. The van der Waals surface area contributed by atoms with E-state index in [1.165, 1.54) is 19.3 Å². The predicted molar refractivity (Wildman–Crippen MR) is 113 cm³/mol. The second-order valence-corrected chi connectivity index (χ2v) is 10.8. The number of esters is 1. The lowest BCUT2D eigenvalue weighted by atomic mass is 9.44. The lowest BCUT2D eigenvalue weighted by molar-refractivity contribution is -0.162. The fourth-order valence-electron chi connectivity index (χ4n) is 7.89. The smallest absolute Gasteiger partial charge is 0.306 e. The number of carboxylic acid groups (broad SMARTS) is 1. The first-order valence-corrected chi connectivity index (χ1v) is 11.8. The van der Waals surface area contributed by atoms with Crippen molar-refractivity contribution in [3.05, 3.63) is 11.6 Å². The molecule has 0 aromatic rings. The first-order valence-electron chi connectivity index (χ1n) is 11.8. The van der Waals surface area contributed by atoms with Gasteiger partial charge in [-0.3, -0.25) is 14.4 Å². The highest BCUT2D eigenvalue weighted by Crippen LogP contribution is 2.66. The van der Waals surface area contributed by atoms with Crippen molar-refractivity contribution in [2.24, 2.45) is 34.5 Å². The molecule has 4 aliphatic rings. The lowest BCUT2D eigenvalue weighted by Crippen LogP contribution is -2.54. The third kappa shape index (κ3) is 3.52. The Morgan fingerprint density at radius 2 is 1.83 bits per heavy atom. The number of carbonyl (C=O) groups excluding carboxylic acids is 2. The molecule has 3 saturated carbocycles. The maximum absolute atomic E-state index is 12.2. The van der Waals surface area contributed by atoms with Crippen molar-refractivity contribution in [1.82, 2.24) is 0 Å². The predicted octanol–water partition coefficient (Wildman–Crippen LogP) is 4.93. The molecule has 0 radical (unpaired) electrons. The normalized spacial score (nSPS) is 42.4. The number of aliphatic carboxylic acids is 1. The number of carboxylic acids is 1. The van der Waals surface area contributed by atoms with Crippen LogP contribution in [0.5, 0.6) is 0 Å². The molecular weight excluding hydrogens is 380 g/mol. The summed E-state index contributed by atoms with van der Waals surface area (Å²) in [5.41, 5.74) is 1.43. The minimum absolute atomic E-state index is 0.0375. The molecule has 4 rings (SSSR count). The average molecular weight is 417 g/mol. The van der Waals surface area contributed by atoms with Crippen molar-refractivity contribution in [2.75, 3.05) is 0 Å². The fourth-order valence-corrected chi connectivity index (χ4v) is 7.89. The summed E-state index contributed by atoms with van der Waals surface area (Å²) in [6, 6.07) is 0. The molecule has 166 valence electrons. The number of Topliss-reactive ketones (excluding diaryl/α,β-unsaturated/α-hetero) is 1. The Balaban J connectivity index is 1.42. The summed E-state index contributed by atoms with van der Waals surface area (Å²) >= 11 is 0. The van der Waals surface area contributed by atoms with Crippen LogP contribution >= 0.6 is 0 Å². The highest BCUT2D eigenvalue weighted by Gasteiger charge is 2.59. The zero-order valence-corrected chi connectivity index (χ0v) is 18.6. The zero-order chi connectivity index (χ0) is 21.7. The number of allylic oxidation sites excluding steroid dienone is 2. The molecule has 7 atom stereocenters. The van der Waals surface area contributed by atoms with Gasteiger partial charge in [-0.1, -0.05) is 19.9 Å². The summed E-state index contributed by atoms with van der Waals surface area (Å²) in [7, 11) is 0. The minimum Gasteiger partial charge on any atom is -0.481 e. The van der Waals surface area contributed by atoms with Crippen LogP contribution in [0.3, 0.4) is 0 Å². The maximum atomic E-state index is 12.2. The quantitative estimate of drug-likeness (QED) is 0.643. The van der Waals surface area contributed by atoms with Crippen molar-refractivity contribution in [3.63, 3.8) is 0 Å². The summed E-state index contributed by atoms with van der Waals surface area (Å²) in [6.07, 6.45) is 10.6. The van der Waals surface area contributed by atoms with Gasteiger partial charge in [0.15, 0.2) is 5.78 Å². The average Bonchev–Trinajstić information content (AvgIpc) is 3.04. The molecule has 0 saturated heterocycles. The topological polar surface area (TPSA) is 80.7 Å². The van der Waals surface area contributed by atoms with Crippen LogP contribution in [0, 0.1) is 34.5 Å². The van der Waals surface area contributed by atoms with Crippen LogP contribution in [0.15, 0.2) is 11.6 Å². The molecule has 0 aromatic carbocycles. The molecule has 3 fully saturated rings. The molecule has 0 unspecified atom stereocenters. The van der Waals surface area contributed by atoms with E-state index >= 15 is 0 Å². The Morgan fingerprint density at radius 1 is 1.07 bits per heavy atom. The first kappa shape index (κ1) is 21.6. The van der Waals surface area contributed by atoms with Crippen LogP contribution in [0.2, 0.25) is 0 Å². The zero-order valence-electron chi connectivity index (χ0n) is 18.6. The summed E-state index contributed by atoms with van der Waals surface area (Å²) in [5.74, 6) is 1.46. The molecule has 5 heteroatoms. The number of ketones is 1. The van der Waals surface area contributed by atoms with Crippen molar-refractivity contribution < 1.29 is 24.2 Å². The van der Waals surface area contributed by atoms with Crippen LogP contribution in [0.1, 0.15) is 85.0 Å². The summed E-state index contributed by atoms with van der Waals surface area (Å²) < 4.78 is 5.65. The van der Waals surface area contributed by atoms with Crippen LogP contribution < -0.4 is 0 Å². The molecule has 0 aliphatic heterocycles. The summed E-state index contributed by atoms with van der Waals surface area (Å²) in [6.45, 7) is 6.52. The van der Waals surface area contributed by atoms with Gasteiger partial charge in [0.1, 0.15) is 6.10 Å². The molecule has 0 heterocycles. The second-order valence-electron chi connectivity index (χ2n) is 10.8. The van der Waals surface area contributed by atoms with Crippen LogP contribution in [0.4, 0.5) is 0 Å². The third-order valence-corrected chi connectivity index (χ3v) is 9.42. The van der Waals surface area contributed by atoms with Crippen LogP contribution in [-0.2, 0) is 19.1 Å².